The Kier molecular flexibility index (Phi) is 6.23. The predicted molar refractivity (Wildman–Crippen MR) is 103 cm³/mol. The number of nitrogens with one attached hydrogen (secondary N) is 1. The quantitative estimate of drug-likeness (QED) is 0.799. The van der Waals surface area contributed by atoms with Gasteiger partial charge in [0, 0.05) is 41.6 Å². The van der Waals surface area contributed by atoms with Crippen LogP contribution < -0.4 is 10.1 Å². The first-order valence-electron chi connectivity index (χ1n) is 8.17. The first-order valence-corrected chi connectivity index (χ1v) is 9.80. The Labute approximate surface area is 161 Å². The van der Waals surface area contributed by atoms with Gasteiger partial charge >= 0.3 is 0 Å². The fourth-order valence-electron chi connectivity index (χ4n) is 2.82. The van der Waals surface area contributed by atoms with Crippen molar-refractivity contribution in [1.29, 1.82) is 0 Å². The van der Waals surface area contributed by atoms with Gasteiger partial charge in [0.2, 0.25) is 0 Å². The van der Waals surface area contributed by atoms with Crippen LogP contribution in [0.1, 0.15) is 17.4 Å². The van der Waals surface area contributed by atoms with Gasteiger partial charge in [-0.2, -0.15) is 0 Å². The number of hydrogen-bond donors (Lipinski definition) is 1. The molecule has 0 bridgehead atoms. The molecule has 1 aliphatic heterocycles. The van der Waals surface area contributed by atoms with Gasteiger partial charge in [0.05, 0.1) is 5.02 Å². The van der Waals surface area contributed by atoms with Crippen molar-refractivity contribution >= 4 is 40.4 Å². The average Bonchev–Trinajstić information content (AvgIpc) is 3.08. The fraction of sp³-hybridized carbons (Fsp3) is 0.389. The van der Waals surface area contributed by atoms with Crippen molar-refractivity contribution in [2.75, 3.05) is 19.7 Å². The van der Waals surface area contributed by atoms with Crippen LogP contribution in [0.3, 0.4) is 0 Å². The highest BCUT2D eigenvalue weighted by molar-refractivity contribution is 7.10. The predicted octanol–water partition coefficient (Wildman–Crippen LogP) is 4.00. The fourth-order valence-corrected chi connectivity index (χ4v) is 4.04. The van der Waals surface area contributed by atoms with Crippen LogP contribution in [-0.2, 0) is 17.8 Å². The Balaban J connectivity index is 1.44. The molecule has 3 rings (SSSR count). The lowest BCUT2D eigenvalue weighted by Crippen LogP contribution is -2.45. The number of ether oxygens (including phenoxy) is 1. The zero-order valence-corrected chi connectivity index (χ0v) is 16.3. The van der Waals surface area contributed by atoms with Crippen LogP contribution in [0.25, 0.3) is 0 Å². The molecule has 134 valence electrons. The van der Waals surface area contributed by atoms with Crippen LogP contribution in [0.4, 0.5) is 0 Å². The van der Waals surface area contributed by atoms with Gasteiger partial charge in [-0.05, 0) is 42.5 Å². The summed E-state index contributed by atoms with van der Waals surface area (Å²) < 4.78 is 5.45. The molecule has 1 unspecified atom stereocenters. The van der Waals surface area contributed by atoms with Crippen molar-refractivity contribution in [2.45, 2.75) is 25.9 Å². The summed E-state index contributed by atoms with van der Waals surface area (Å²) in [6.07, 6.45) is 1.08. The molecule has 1 aromatic carbocycles. The van der Waals surface area contributed by atoms with E-state index >= 15 is 0 Å². The molecule has 0 saturated heterocycles. The molecule has 1 atom stereocenters. The van der Waals surface area contributed by atoms with Gasteiger partial charge in [0.1, 0.15) is 5.75 Å². The van der Waals surface area contributed by atoms with E-state index < -0.39 is 0 Å². The molecule has 0 aliphatic carbocycles. The minimum Gasteiger partial charge on any atom is -0.482 e. The number of nitrogens with zero attached hydrogens (tertiary/aromatic N) is 1. The van der Waals surface area contributed by atoms with E-state index in [-0.39, 0.29) is 18.6 Å². The molecule has 7 heteroatoms. The Morgan fingerprint density at radius 3 is 3.08 bits per heavy atom. The number of fused-ring (bicyclic) bond motifs is 1. The van der Waals surface area contributed by atoms with E-state index in [9.17, 15) is 4.79 Å². The van der Waals surface area contributed by atoms with Crippen molar-refractivity contribution in [2.24, 2.45) is 0 Å². The molecule has 0 saturated carbocycles. The number of carbonyl (C=O) groups is 1. The maximum absolute atomic E-state index is 12.0. The van der Waals surface area contributed by atoms with E-state index in [1.165, 1.54) is 10.4 Å². The molecular formula is C18H20Cl2N2O2S. The van der Waals surface area contributed by atoms with Crippen LogP contribution in [0.15, 0.2) is 29.6 Å². The van der Waals surface area contributed by atoms with E-state index in [1.54, 1.807) is 18.2 Å². The zero-order chi connectivity index (χ0) is 17.8. The summed E-state index contributed by atoms with van der Waals surface area (Å²) in [4.78, 5) is 15.9. The maximum atomic E-state index is 12.0. The molecular weight excluding hydrogens is 379 g/mol. The van der Waals surface area contributed by atoms with Crippen molar-refractivity contribution < 1.29 is 9.53 Å². The third kappa shape index (κ3) is 4.88. The van der Waals surface area contributed by atoms with Crippen molar-refractivity contribution in [3.8, 4) is 5.75 Å². The highest BCUT2D eigenvalue weighted by atomic mass is 35.5. The molecule has 0 fully saturated rings. The number of halogens is 2. The number of rotatable bonds is 6. The average molecular weight is 399 g/mol. The third-order valence-electron chi connectivity index (χ3n) is 4.31. The van der Waals surface area contributed by atoms with Crippen LogP contribution in [0, 0.1) is 0 Å². The largest absolute Gasteiger partial charge is 0.482 e. The summed E-state index contributed by atoms with van der Waals surface area (Å²) in [5.74, 6) is 0.245. The van der Waals surface area contributed by atoms with Crippen molar-refractivity contribution in [3.05, 3.63) is 50.1 Å². The second-order valence-electron chi connectivity index (χ2n) is 6.11. The second kappa shape index (κ2) is 8.41. The van der Waals surface area contributed by atoms with Crippen LogP contribution in [0.2, 0.25) is 10.0 Å². The first-order chi connectivity index (χ1) is 12.0. The number of carbonyl (C=O) groups excluding carboxylic acids is 1. The first kappa shape index (κ1) is 18.5. The van der Waals surface area contributed by atoms with Gasteiger partial charge in [0.15, 0.2) is 6.61 Å². The zero-order valence-electron chi connectivity index (χ0n) is 13.9. The number of amides is 1. The maximum Gasteiger partial charge on any atom is 0.257 e. The van der Waals surface area contributed by atoms with Gasteiger partial charge in [-0.3, -0.25) is 9.69 Å². The Hall–Kier alpha value is -1.27. The Bertz CT molecular complexity index is 750. The molecule has 4 nitrogen and oxygen atoms in total. The normalized spacial score (nSPS) is 15.5. The van der Waals surface area contributed by atoms with E-state index in [0.29, 0.717) is 22.3 Å². The lowest BCUT2D eigenvalue weighted by atomic mass is 10.1. The van der Waals surface area contributed by atoms with Crippen molar-refractivity contribution in [3.63, 3.8) is 0 Å². The van der Waals surface area contributed by atoms with E-state index in [4.69, 9.17) is 27.9 Å². The number of hydrogen-bond acceptors (Lipinski definition) is 4. The molecule has 1 amide bonds. The smallest absolute Gasteiger partial charge is 0.257 e. The lowest BCUT2D eigenvalue weighted by Gasteiger charge is -2.32. The highest BCUT2D eigenvalue weighted by Gasteiger charge is 2.21. The standard InChI is InChI=1S/C18H20Cl2N2O2S/c1-12(22-6-4-17-13(10-22)5-7-25-17)9-21-18(23)11-24-16-8-14(19)2-3-15(16)20/h2-3,5,7-8,12H,4,6,9-11H2,1H3,(H,21,23). The van der Waals surface area contributed by atoms with E-state index in [2.05, 4.69) is 28.6 Å². The molecule has 1 N–H and O–H groups in total. The summed E-state index contributed by atoms with van der Waals surface area (Å²) in [5.41, 5.74) is 1.41. The van der Waals surface area contributed by atoms with Gasteiger partial charge in [0.25, 0.3) is 5.91 Å². The number of benzene rings is 1. The summed E-state index contributed by atoms with van der Waals surface area (Å²) >= 11 is 13.8. The summed E-state index contributed by atoms with van der Waals surface area (Å²) in [6, 6.07) is 7.39. The van der Waals surface area contributed by atoms with E-state index in [0.717, 1.165) is 19.5 Å². The molecule has 2 heterocycles. The topological polar surface area (TPSA) is 41.6 Å². The van der Waals surface area contributed by atoms with Gasteiger partial charge in [-0.1, -0.05) is 23.2 Å². The highest BCUT2D eigenvalue weighted by Crippen LogP contribution is 2.27. The van der Waals surface area contributed by atoms with E-state index in [1.807, 2.05) is 11.3 Å². The van der Waals surface area contributed by atoms with Crippen LogP contribution in [-0.4, -0.2) is 36.5 Å². The molecule has 1 aliphatic rings. The lowest BCUT2D eigenvalue weighted by molar-refractivity contribution is -0.123. The van der Waals surface area contributed by atoms with Crippen LogP contribution in [0.5, 0.6) is 5.75 Å². The number of thiophene rings is 1. The van der Waals surface area contributed by atoms with Gasteiger partial charge in [-0.15, -0.1) is 11.3 Å². The molecule has 1 aromatic heterocycles. The van der Waals surface area contributed by atoms with Crippen molar-refractivity contribution in [1.82, 2.24) is 10.2 Å². The Morgan fingerprint density at radius 1 is 1.40 bits per heavy atom. The molecule has 0 radical (unpaired) electrons. The monoisotopic (exact) mass is 398 g/mol. The summed E-state index contributed by atoms with van der Waals surface area (Å²) in [7, 11) is 0. The van der Waals surface area contributed by atoms with Gasteiger partial charge < -0.3 is 10.1 Å². The second-order valence-corrected chi connectivity index (χ2v) is 7.95. The molecule has 25 heavy (non-hydrogen) atoms. The third-order valence-corrected chi connectivity index (χ3v) is 5.88. The Morgan fingerprint density at radius 2 is 2.24 bits per heavy atom. The van der Waals surface area contributed by atoms with Gasteiger partial charge in [-0.25, -0.2) is 0 Å². The molecule has 2 aromatic rings. The minimum atomic E-state index is -0.170. The molecule has 0 spiro atoms. The van der Waals surface area contributed by atoms with Crippen LogP contribution >= 0.6 is 34.5 Å². The summed E-state index contributed by atoms with van der Waals surface area (Å²) in [5, 5.41) is 6.03. The SMILES string of the molecule is CC(CNC(=O)COc1cc(Cl)ccc1Cl)N1CCc2sccc2C1. The minimum absolute atomic E-state index is 0.0819. The summed E-state index contributed by atoms with van der Waals surface area (Å²) in [6.45, 7) is 4.61.